The third-order valence-electron chi connectivity index (χ3n) is 2.81. The Kier molecular flexibility index (Phi) is 5.07. The average molecular weight is 368 g/mol. The van der Waals surface area contributed by atoms with Crippen molar-refractivity contribution in [3.05, 3.63) is 52.0 Å². The van der Waals surface area contributed by atoms with E-state index in [1.165, 1.54) is 0 Å². The number of thioether (sulfide) groups is 1. The van der Waals surface area contributed by atoms with E-state index >= 15 is 0 Å². The largest absolute Gasteiger partial charge is 0.457 e. The molecule has 0 aromatic heterocycles. The number of hydrogen-bond donors (Lipinski definition) is 1. The Morgan fingerprint density at radius 3 is 2.65 bits per heavy atom. The Morgan fingerprint density at radius 2 is 2.05 bits per heavy atom. The van der Waals surface area contributed by atoms with Gasteiger partial charge >= 0.3 is 0 Å². The van der Waals surface area contributed by atoms with Gasteiger partial charge in [0.05, 0.1) is 5.56 Å². The highest BCUT2D eigenvalue weighted by atomic mass is 79.9. The zero-order valence-corrected chi connectivity index (χ0v) is 14.4. The van der Waals surface area contributed by atoms with Gasteiger partial charge in [-0.2, -0.15) is 0 Å². The SMILES string of the molecule is CSc1cccc(Oc2ccc(Br)c(C)c2)c1C(N)=S. The molecule has 0 unspecified atom stereocenters. The average Bonchev–Trinajstić information content (AvgIpc) is 2.42. The van der Waals surface area contributed by atoms with Crippen molar-refractivity contribution in [3.63, 3.8) is 0 Å². The number of aryl methyl sites for hydroxylation is 1. The van der Waals surface area contributed by atoms with Crippen LogP contribution in [0.5, 0.6) is 11.5 Å². The van der Waals surface area contributed by atoms with Crippen molar-refractivity contribution in [1.82, 2.24) is 0 Å². The molecule has 104 valence electrons. The molecule has 2 nitrogen and oxygen atoms in total. The van der Waals surface area contributed by atoms with Crippen molar-refractivity contribution < 1.29 is 4.74 Å². The molecule has 2 aromatic carbocycles. The molecule has 0 bridgehead atoms. The zero-order valence-electron chi connectivity index (χ0n) is 11.1. The first-order valence-electron chi connectivity index (χ1n) is 5.93. The maximum absolute atomic E-state index is 5.95. The summed E-state index contributed by atoms with van der Waals surface area (Å²) in [6.45, 7) is 2.02. The van der Waals surface area contributed by atoms with Gasteiger partial charge in [0.2, 0.25) is 0 Å². The van der Waals surface area contributed by atoms with Crippen LogP contribution in [0.3, 0.4) is 0 Å². The number of nitrogens with two attached hydrogens (primary N) is 1. The maximum atomic E-state index is 5.95. The summed E-state index contributed by atoms with van der Waals surface area (Å²) in [6, 6.07) is 11.6. The molecule has 0 aliphatic rings. The van der Waals surface area contributed by atoms with Gasteiger partial charge in [-0.1, -0.05) is 34.2 Å². The van der Waals surface area contributed by atoms with E-state index in [2.05, 4.69) is 15.9 Å². The van der Waals surface area contributed by atoms with Gasteiger partial charge in [0.15, 0.2) is 0 Å². The van der Waals surface area contributed by atoms with Crippen molar-refractivity contribution in [2.45, 2.75) is 11.8 Å². The molecule has 0 fully saturated rings. The Morgan fingerprint density at radius 1 is 1.30 bits per heavy atom. The van der Waals surface area contributed by atoms with Gasteiger partial charge in [0.1, 0.15) is 16.5 Å². The predicted molar refractivity (Wildman–Crippen MR) is 93.1 cm³/mol. The molecular weight excluding hydrogens is 354 g/mol. The lowest BCUT2D eigenvalue weighted by atomic mass is 10.2. The van der Waals surface area contributed by atoms with Crippen LogP contribution in [0.25, 0.3) is 0 Å². The summed E-state index contributed by atoms with van der Waals surface area (Å²) < 4.78 is 7.00. The van der Waals surface area contributed by atoms with Gasteiger partial charge in [-0.3, -0.25) is 0 Å². The van der Waals surface area contributed by atoms with Gasteiger partial charge in [-0.25, -0.2) is 0 Å². The van der Waals surface area contributed by atoms with Crippen LogP contribution < -0.4 is 10.5 Å². The number of ether oxygens (including phenoxy) is 1. The molecule has 0 spiro atoms. The Hall–Kier alpha value is -1.04. The zero-order chi connectivity index (χ0) is 14.7. The van der Waals surface area contributed by atoms with Gasteiger partial charge in [-0.15, -0.1) is 11.8 Å². The Labute approximate surface area is 136 Å². The third-order valence-corrected chi connectivity index (χ3v) is 4.69. The van der Waals surface area contributed by atoms with E-state index in [-0.39, 0.29) is 0 Å². The first-order valence-corrected chi connectivity index (χ1v) is 8.36. The highest BCUT2D eigenvalue weighted by molar-refractivity contribution is 9.10. The van der Waals surface area contributed by atoms with Crippen LogP contribution in [-0.2, 0) is 0 Å². The molecule has 2 N–H and O–H groups in total. The van der Waals surface area contributed by atoms with Crippen LogP contribution >= 0.6 is 39.9 Å². The van der Waals surface area contributed by atoms with Gasteiger partial charge in [-0.05, 0) is 49.1 Å². The highest BCUT2D eigenvalue weighted by Gasteiger charge is 2.12. The molecule has 2 rings (SSSR count). The van der Waals surface area contributed by atoms with E-state index in [1.54, 1.807) is 11.8 Å². The molecule has 0 amide bonds. The van der Waals surface area contributed by atoms with Gasteiger partial charge < -0.3 is 10.5 Å². The fourth-order valence-electron chi connectivity index (χ4n) is 1.82. The minimum atomic E-state index is 0.346. The topological polar surface area (TPSA) is 35.2 Å². The van der Waals surface area contributed by atoms with E-state index in [4.69, 9.17) is 22.7 Å². The first-order chi connectivity index (χ1) is 9.52. The fraction of sp³-hybridized carbons (Fsp3) is 0.133. The molecule has 2 aromatic rings. The van der Waals surface area contributed by atoms with Crippen LogP contribution in [0, 0.1) is 6.92 Å². The van der Waals surface area contributed by atoms with Crippen LogP contribution in [0.1, 0.15) is 11.1 Å². The van der Waals surface area contributed by atoms with Crippen molar-refractivity contribution in [2.75, 3.05) is 6.26 Å². The summed E-state index contributed by atoms with van der Waals surface area (Å²) in [5.41, 5.74) is 7.73. The number of thiocarbonyl (C=S) groups is 1. The number of halogens is 1. The lowest BCUT2D eigenvalue weighted by molar-refractivity contribution is 0.480. The second-order valence-electron chi connectivity index (χ2n) is 4.21. The molecule has 0 heterocycles. The molecular formula is C15H14BrNOS2. The number of rotatable bonds is 4. The van der Waals surface area contributed by atoms with E-state index in [9.17, 15) is 0 Å². The summed E-state index contributed by atoms with van der Waals surface area (Å²) in [5, 5.41) is 0. The smallest absolute Gasteiger partial charge is 0.138 e. The molecule has 0 saturated carbocycles. The summed E-state index contributed by atoms with van der Waals surface area (Å²) in [5.74, 6) is 1.45. The summed E-state index contributed by atoms with van der Waals surface area (Å²) in [4.78, 5) is 1.36. The summed E-state index contributed by atoms with van der Waals surface area (Å²) in [7, 11) is 0. The minimum Gasteiger partial charge on any atom is -0.457 e. The molecule has 0 aliphatic carbocycles. The fourth-order valence-corrected chi connectivity index (χ4v) is 2.97. The second kappa shape index (κ2) is 6.61. The molecule has 0 aliphatic heterocycles. The van der Waals surface area contributed by atoms with Gasteiger partial charge in [0.25, 0.3) is 0 Å². The summed E-state index contributed by atoms with van der Waals surface area (Å²) >= 11 is 10.2. The minimum absolute atomic E-state index is 0.346. The van der Waals surface area contributed by atoms with Gasteiger partial charge in [0, 0.05) is 9.37 Å². The highest BCUT2D eigenvalue weighted by Crippen LogP contribution is 2.33. The molecule has 0 saturated heterocycles. The summed E-state index contributed by atoms with van der Waals surface area (Å²) in [6.07, 6.45) is 1.99. The van der Waals surface area contributed by atoms with Crippen molar-refractivity contribution in [2.24, 2.45) is 5.73 Å². The van der Waals surface area contributed by atoms with Crippen molar-refractivity contribution in [3.8, 4) is 11.5 Å². The third kappa shape index (κ3) is 3.34. The maximum Gasteiger partial charge on any atom is 0.138 e. The normalized spacial score (nSPS) is 10.3. The lowest BCUT2D eigenvalue weighted by Crippen LogP contribution is -2.12. The van der Waals surface area contributed by atoms with Crippen molar-refractivity contribution >= 4 is 44.9 Å². The second-order valence-corrected chi connectivity index (χ2v) is 6.35. The van der Waals surface area contributed by atoms with E-state index in [1.807, 2.05) is 49.6 Å². The standard InChI is InChI=1S/C15H14BrNOS2/c1-9-8-10(6-7-11(9)16)18-12-4-3-5-13(20-2)14(12)15(17)19/h3-8H,1-2H3,(H2,17,19). The first kappa shape index (κ1) is 15.4. The molecule has 20 heavy (non-hydrogen) atoms. The van der Waals surface area contributed by atoms with Crippen LogP contribution in [0.2, 0.25) is 0 Å². The van der Waals surface area contributed by atoms with Crippen LogP contribution in [0.15, 0.2) is 45.8 Å². The monoisotopic (exact) mass is 367 g/mol. The molecule has 0 atom stereocenters. The van der Waals surface area contributed by atoms with E-state index in [0.717, 1.165) is 26.2 Å². The van der Waals surface area contributed by atoms with E-state index in [0.29, 0.717) is 10.7 Å². The lowest BCUT2D eigenvalue weighted by Gasteiger charge is -2.14. The molecule has 5 heteroatoms. The van der Waals surface area contributed by atoms with Crippen molar-refractivity contribution in [1.29, 1.82) is 0 Å². The quantitative estimate of drug-likeness (QED) is 0.615. The van der Waals surface area contributed by atoms with E-state index < -0.39 is 0 Å². The molecule has 0 radical (unpaired) electrons. The van der Waals surface area contributed by atoms with Crippen LogP contribution in [-0.4, -0.2) is 11.2 Å². The Bertz CT molecular complexity index is 658. The van der Waals surface area contributed by atoms with Crippen LogP contribution in [0.4, 0.5) is 0 Å². The number of hydrogen-bond acceptors (Lipinski definition) is 3. The predicted octanol–water partition coefficient (Wildman–Crippen LogP) is 4.91. The number of benzene rings is 2. The Balaban J connectivity index is 2.42.